The quantitative estimate of drug-likeness (QED) is 0.820. The van der Waals surface area contributed by atoms with Gasteiger partial charge in [-0.3, -0.25) is 4.79 Å². The lowest BCUT2D eigenvalue weighted by Gasteiger charge is -2.29. The third-order valence-corrected chi connectivity index (χ3v) is 5.56. The number of hydrogen-bond donors (Lipinski definition) is 0. The number of rotatable bonds is 3. The summed E-state index contributed by atoms with van der Waals surface area (Å²) in [5.41, 5.74) is 1.37. The smallest absolute Gasteiger partial charge is 0.290 e. The molecule has 0 radical (unpaired) electrons. The molecule has 7 heteroatoms. The maximum absolute atomic E-state index is 13.4. The molecule has 7 nitrogen and oxygen atoms in total. The lowest BCUT2D eigenvalue weighted by atomic mass is 10.1. The Morgan fingerprint density at radius 1 is 1.15 bits per heavy atom. The fraction of sp³-hybridized carbons (Fsp3) is 0.550. The summed E-state index contributed by atoms with van der Waals surface area (Å²) in [5.74, 6) is 1.69. The van der Waals surface area contributed by atoms with E-state index in [1.807, 2.05) is 24.0 Å². The average Bonchev–Trinajstić information content (AvgIpc) is 2.78. The van der Waals surface area contributed by atoms with Crippen LogP contribution in [-0.4, -0.2) is 75.9 Å². The number of carbonyl (C=O) groups is 1. The number of nitrogens with zero attached hydrogens (tertiary/aromatic N) is 2. The number of benzene rings is 1. The lowest BCUT2D eigenvalue weighted by molar-refractivity contribution is 0.0467. The van der Waals surface area contributed by atoms with Crippen molar-refractivity contribution >= 4 is 16.9 Å². The van der Waals surface area contributed by atoms with Crippen LogP contribution >= 0.6 is 0 Å². The Hall–Kier alpha value is -2.25. The molecule has 2 atom stereocenters. The van der Waals surface area contributed by atoms with Crippen molar-refractivity contribution in [2.75, 3.05) is 54.1 Å². The molecule has 2 aliphatic rings. The molecule has 2 bridgehead atoms. The van der Waals surface area contributed by atoms with E-state index in [0.29, 0.717) is 48.5 Å². The van der Waals surface area contributed by atoms with Crippen LogP contribution in [0, 0.1) is 12.8 Å². The second kappa shape index (κ2) is 7.05. The highest BCUT2D eigenvalue weighted by atomic mass is 16.5. The van der Waals surface area contributed by atoms with Crippen molar-refractivity contribution in [2.45, 2.75) is 13.0 Å². The first-order chi connectivity index (χ1) is 13.0. The summed E-state index contributed by atoms with van der Waals surface area (Å²) in [6.45, 7) is 5.59. The zero-order chi connectivity index (χ0) is 19.1. The third-order valence-electron chi connectivity index (χ3n) is 5.56. The fourth-order valence-electron chi connectivity index (χ4n) is 4.26. The van der Waals surface area contributed by atoms with Gasteiger partial charge in [0.2, 0.25) is 5.75 Å². The lowest BCUT2D eigenvalue weighted by Crippen LogP contribution is -2.46. The van der Waals surface area contributed by atoms with Crippen LogP contribution in [0.5, 0.6) is 11.5 Å². The Balaban J connectivity index is 1.75. The standard InChI is InChI=1S/C20H26N2O5/c1-12-15-5-6-16(24-3)19(25-4)18(15)27-17(12)20(23)22-8-13-7-21(2)9-14(22)11-26-10-13/h5-6,13-14H,7-11H2,1-4H3/t13-,14-/m0/s1. The normalized spacial score (nSPS) is 23.3. The van der Waals surface area contributed by atoms with Crippen LogP contribution < -0.4 is 9.47 Å². The van der Waals surface area contributed by atoms with Crippen molar-refractivity contribution in [3.63, 3.8) is 0 Å². The van der Waals surface area contributed by atoms with Crippen LogP contribution in [-0.2, 0) is 4.74 Å². The van der Waals surface area contributed by atoms with E-state index < -0.39 is 0 Å². The highest BCUT2D eigenvalue weighted by molar-refractivity contribution is 6.01. The second-order valence-corrected chi connectivity index (χ2v) is 7.47. The summed E-state index contributed by atoms with van der Waals surface area (Å²) in [5, 5.41) is 0.863. The molecular formula is C20H26N2O5. The van der Waals surface area contributed by atoms with Gasteiger partial charge in [-0.15, -0.1) is 0 Å². The first kappa shape index (κ1) is 18.1. The number of furan rings is 1. The Labute approximate surface area is 158 Å². The van der Waals surface area contributed by atoms with Gasteiger partial charge in [-0.2, -0.15) is 0 Å². The Kier molecular flexibility index (Phi) is 4.74. The molecule has 2 fully saturated rings. The van der Waals surface area contributed by atoms with Gasteiger partial charge in [-0.1, -0.05) is 0 Å². The minimum Gasteiger partial charge on any atom is -0.493 e. The molecule has 2 saturated heterocycles. The molecule has 4 rings (SSSR count). The number of hydrogen-bond acceptors (Lipinski definition) is 6. The summed E-state index contributed by atoms with van der Waals surface area (Å²) in [6, 6.07) is 3.77. The SMILES string of the molecule is COc1ccc2c(C)c(C(=O)N3C[C@H]4COC[C@@H]3CN(C)C4)oc2c1OC. The molecule has 0 spiro atoms. The number of ether oxygens (including phenoxy) is 3. The van der Waals surface area contributed by atoms with Gasteiger partial charge in [0.25, 0.3) is 5.91 Å². The topological polar surface area (TPSA) is 64.4 Å². The van der Waals surface area contributed by atoms with Crippen LogP contribution in [0.25, 0.3) is 11.0 Å². The summed E-state index contributed by atoms with van der Waals surface area (Å²) < 4.78 is 22.7. The molecule has 1 aromatic heterocycles. The molecule has 0 aliphatic carbocycles. The zero-order valence-electron chi connectivity index (χ0n) is 16.3. The number of likely N-dealkylation sites (N-methyl/N-ethyl adjacent to an activating group) is 1. The minimum atomic E-state index is -0.0829. The maximum atomic E-state index is 13.4. The summed E-state index contributed by atoms with van der Waals surface area (Å²) in [6.07, 6.45) is 0. The van der Waals surface area contributed by atoms with Crippen molar-refractivity contribution in [2.24, 2.45) is 5.92 Å². The van der Waals surface area contributed by atoms with E-state index in [4.69, 9.17) is 18.6 Å². The van der Waals surface area contributed by atoms with E-state index in [2.05, 4.69) is 11.9 Å². The summed E-state index contributed by atoms with van der Waals surface area (Å²) >= 11 is 0. The molecular weight excluding hydrogens is 348 g/mol. The largest absolute Gasteiger partial charge is 0.493 e. The minimum absolute atomic E-state index is 0.0269. The van der Waals surface area contributed by atoms with Gasteiger partial charge in [-0.25, -0.2) is 0 Å². The highest BCUT2D eigenvalue weighted by Crippen LogP contribution is 2.39. The highest BCUT2D eigenvalue weighted by Gasteiger charge is 2.37. The second-order valence-electron chi connectivity index (χ2n) is 7.47. The van der Waals surface area contributed by atoms with Crippen molar-refractivity contribution in [3.8, 4) is 11.5 Å². The first-order valence-corrected chi connectivity index (χ1v) is 9.24. The van der Waals surface area contributed by atoms with Gasteiger partial charge in [0.15, 0.2) is 17.1 Å². The van der Waals surface area contributed by atoms with Gasteiger partial charge in [0.1, 0.15) is 0 Å². The van der Waals surface area contributed by atoms with Crippen LogP contribution in [0.4, 0.5) is 0 Å². The van der Waals surface area contributed by atoms with Gasteiger partial charge < -0.3 is 28.4 Å². The monoisotopic (exact) mass is 374 g/mol. The Bertz CT molecular complexity index is 862. The number of amides is 1. The maximum Gasteiger partial charge on any atom is 0.290 e. The molecule has 146 valence electrons. The van der Waals surface area contributed by atoms with Gasteiger partial charge in [-0.05, 0) is 26.1 Å². The Morgan fingerprint density at radius 2 is 1.96 bits per heavy atom. The van der Waals surface area contributed by atoms with Crippen LogP contribution in [0.2, 0.25) is 0 Å². The van der Waals surface area contributed by atoms with Gasteiger partial charge >= 0.3 is 0 Å². The molecule has 3 heterocycles. The molecule has 1 amide bonds. The Morgan fingerprint density at radius 3 is 2.70 bits per heavy atom. The van der Waals surface area contributed by atoms with Crippen molar-refractivity contribution in [1.82, 2.24) is 9.80 Å². The van der Waals surface area contributed by atoms with Crippen molar-refractivity contribution in [3.05, 3.63) is 23.5 Å². The summed E-state index contributed by atoms with van der Waals surface area (Å²) in [4.78, 5) is 17.6. The molecule has 2 aliphatic heterocycles. The van der Waals surface area contributed by atoms with E-state index >= 15 is 0 Å². The van der Waals surface area contributed by atoms with Crippen molar-refractivity contribution < 1.29 is 23.4 Å². The average molecular weight is 374 g/mol. The summed E-state index contributed by atoms with van der Waals surface area (Å²) in [7, 11) is 5.25. The van der Waals surface area contributed by atoms with E-state index in [1.165, 1.54) is 0 Å². The predicted molar refractivity (Wildman–Crippen MR) is 101 cm³/mol. The van der Waals surface area contributed by atoms with E-state index in [-0.39, 0.29) is 11.9 Å². The van der Waals surface area contributed by atoms with E-state index in [1.54, 1.807) is 14.2 Å². The number of fused-ring (bicyclic) bond motifs is 4. The predicted octanol–water partition coefficient (Wildman–Crippen LogP) is 2.16. The van der Waals surface area contributed by atoms with Crippen LogP contribution in [0.15, 0.2) is 16.5 Å². The molecule has 0 N–H and O–H groups in total. The van der Waals surface area contributed by atoms with Crippen LogP contribution in [0.3, 0.4) is 0 Å². The molecule has 1 aromatic carbocycles. The van der Waals surface area contributed by atoms with Crippen LogP contribution in [0.1, 0.15) is 16.1 Å². The molecule has 0 unspecified atom stereocenters. The first-order valence-electron chi connectivity index (χ1n) is 9.24. The zero-order valence-corrected chi connectivity index (χ0v) is 16.3. The van der Waals surface area contributed by atoms with Gasteiger partial charge in [0, 0.05) is 36.5 Å². The van der Waals surface area contributed by atoms with Crippen molar-refractivity contribution in [1.29, 1.82) is 0 Å². The molecule has 0 saturated carbocycles. The fourth-order valence-corrected chi connectivity index (χ4v) is 4.26. The molecule has 27 heavy (non-hydrogen) atoms. The van der Waals surface area contributed by atoms with E-state index in [0.717, 1.165) is 24.0 Å². The number of aryl methyl sites for hydroxylation is 1. The van der Waals surface area contributed by atoms with E-state index in [9.17, 15) is 4.79 Å². The number of carbonyl (C=O) groups excluding carboxylic acids is 1. The number of methoxy groups -OCH3 is 2. The molecule has 2 aromatic rings. The third kappa shape index (κ3) is 3.04. The van der Waals surface area contributed by atoms with Gasteiger partial charge in [0.05, 0.1) is 33.5 Å².